The van der Waals surface area contributed by atoms with Crippen LogP contribution in [0, 0.1) is 0 Å². The molecule has 0 radical (unpaired) electrons. The van der Waals surface area contributed by atoms with E-state index in [4.69, 9.17) is 0 Å². The molecule has 0 unspecified atom stereocenters. The summed E-state index contributed by atoms with van der Waals surface area (Å²) in [4.78, 5) is 61.7. The largest absolute Gasteiger partial charge is 0.368 e. The Kier molecular flexibility index (Phi) is 6.59. The average Bonchev–Trinajstić information content (AvgIpc) is 3.09. The van der Waals surface area contributed by atoms with Gasteiger partial charge in [0.05, 0.1) is 5.56 Å². The van der Waals surface area contributed by atoms with Gasteiger partial charge in [0.25, 0.3) is 23.6 Å². The first kappa shape index (κ1) is 28.9. The molecule has 3 heterocycles. The van der Waals surface area contributed by atoms with Crippen molar-refractivity contribution in [2.45, 2.75) is 65.5 Å². The van der Waals surface area contributed by atoms with Gasteiger partial charge in [-0.1, -0.05) is 45.9 Å². The topological polar surface area (TPSA) is 90.0 Å². The third kappa shape index (κ3) is 3.65. The monoisotopic (exact) mass is 614 g/mol. The fourth-order valence-corrected chi connectivity index (χ4v) is 8.51. The third-order valence-corrected chi connectivity index (χ3v) is 10.9. The number of benzene rings is 5. The quantitative estimate of drug-likeness (QED) is 0.124. The van der Waals surface area contributed by atoms with Gasteiger partial charge in [0, 0.05) is 82.2 Å². The van der Waals surface area contributed by atoms with E-state index < -0.39 is 0 Å². The van der Waals surface area contributed by atoms with Crippen LogP contribution in [0.25, 0.3) is 43.1 Å². The van der Waals surface area contributed by atoms with Crippen LogP contribution in [0.2, 0.25) is 0 Å². The Balaban J connectivity index is 1.51. The molecule has 1 saturated heterocycles. The Hall–Kier alpha value is -4.56. The molecule has 234 valence electrons. The highest BCUT2D eigenvalue weighted by molar-refractivity contribution is 6.43. The van der Waals surface area contributed by atoms with Gasteiger partial charge < -0.3 is 10.2 Å². The zero-order chi connectivity index (χ0) is 32.0. The summed E-state index contributed by atoms with van der Waals surface area (Å²) in [6.07, 6.45) is 2.78. The van der Waals surface area contributed by atoms with Crippen molar-refractivity contribution in [2.24, 2.45) is 0 Å². The smallest absolute Gasteiger partial charge is 0.261 e. The molecule has 3 aliphatic rings. The molecular weight excluding hydrogens is 576 g/mol. The molecule has 8 nitrogen and oxygen atoms in total. The first-order chi connectivity index (χ1) is 22.4. The second kappa shape index (κ2) is 10.5. The van der Waals surface area contributed by atoms with Gasteiger partial charge in [0.2, 0.25) is 0 Å². The van der Waals surface area contributed by atoms with Gasteiger partial charge in [0.15, 0.2) is 0 Å². The predicted octanol–water partition coefficient (Wildman–Crippen LogP) is 6.72. The van der Waals surface area contributed by atoms with Crippen LogP contribution in [0.15, 0.2) is 42.5 Å². The van der Waals surface area contributed by atoms with E-state index in [1.54, 1.807) is 0 Å². The van der Waals surface area contributed by atoms with Gasteiger partial charge in [-0.05, 0) is 71.5 Å². The first-order valence-electron chi connectivity index (χ1n) is 16.8. The number of nitrogens with one attached hydrogen (secondary N) is 1. The summed E-state index contributed by atoms with van der Waals surface area (Å²) in [6.45, 7) is 11.2. The van der Waals surface area contributed by atoms with Crippen LogP contribution < -0.4 is 10.2 Å². The number of imide groups is 2. The van der Waals surface area contributed by atoms with E-state index in [0.29, 0.717) is 58.7 Å². The molecule has 0 spiro atoms. The molecule has 0 aliphatic carbocycles. The molecule has 46 heavy (non-hydrogen) atoms. The minimum Gasteiger partial charge on any atom is -0.368 e. The molecule has 4 amide bonds. The number of carbonyl (C=O) groups excluding carboxylic acids is 4. The van der Waals surface area contributed by atoms with E-state index in [0.717, 1.165) is 64.2 Å². The number of fused-ring (bicyclic) bond motifs is 2. The van der Waals surface area contributed by atoms with Crippen molar-refractivity contribution < 1.29 is 19.2 Å². The van der Waals surface area contributed by atoms with Gasteiger partial charge in [-0.3, -0.25) is 29.0 Å². The second-order valence-electron chi connectivity index (χ2n) is 12.9. The molecular formula is C38H38N4O4. The summed E-state index contributed by atoms with van der Waals surface area (Å²) in [5.41, 5.74) is 3.16. The van der Waals surface area contributed by atoms with E-state index in [1.807, 2.05) is 70.2 Å². The highest BCUT2D eigenvalue weighted by Gasteiger charge is 2.40. The number of hydrogen-bond acceptors (Lipinski definition) is 6. The minimum atomic E-state index is -0.244. The lowest BCUT2D eigenvalue weighted by atomic mass is 9.81. The van der Waals surface area contributed by atoms with Crippen LogP contribution in [-0.4, -0.2) is 71.7 Å². The fourth-order valence-electron chi connectivity index (χ4n) is 8.51. The van der Waals surface area contributed by atoms with Crippen LogP contribution in [0.3, 0.4) is 0 Å². The number of amides is 4. The molecule has 0 saturated carbocycles. The molecule has 3 aliphatic heterocycles. The molecule has 1 fully saturated rings. The number of rotatable bonds is 7. The van der Waals surface area contributed by atoms with Gasteiger partial charge in [-0.2, -0.15) is 0 Å². The van der Waals surface area contributed by atoms with E-state index in [1.165, 1.54) is 9.80 Å². The third-order valence-electron chi connectivity index (χ3n) is 10.9. The highest BCUT2D eigenvalue weighted by atomic mass is 16.2. The maximum atomic E-state index is 14.3. The number of carbonyl (C=O) groups is 4. The first-order valence-corrected chi connectivity index (χ1v) is 16.8. The number of nitrogens with zero attached hydrogens (tertiary/aromatic N) is 3. The Morgan fingerprint density at radius 2 is 0.978 bits per heavy atom. The molecule has 8 rings (SSSR count). The van der Waals surface area contributed by atoms with Crippen LogP contribution in [0.5, 0.6) is 0 Å². The van der Waals surface area contributed by atoms with Crippen molar-refractivity contribution in [2.75, 3.05) is 31.1 Å². The number of hydrogen-bond donors (Lipinski definition) is 1. The Morgan fingerprint density at radius 3 is 1.48 bits per heavy atom. The lowest BCUT2D eigenvalue weighted by Crippen LogP contribution is -2.47. The number of anilines is 1. The normalized spacial score (nSPS) is 17.0. The van der Waals surface area contributed by atoms with Gasteiger partial charge in [-0.25, -0.2) is 0 Å². The molecule has 5 aromatic carbocycles. The maximum absolute atomic E-state index is 14.3. The SMILES string of the molecule is CCC(CC)N1C(=O)c2ccc3c4ccc5c6c(cc(N7CCNCC7)c(c7ccc(c2c37)C1=O)c64)C(=O)N(C(CC)CC)C5=O. The summed E-state index contributed by atoms with van der Waals surface area (Å²) >= 11 is 0. The van der Waals surface area contributed by atoms with Gasteiger partial charge in [-0.15, -0.1) is 0 Å². The Morgan fingerprint density at radius 1 is 0.543 bits per heavy atom. The molecule has 5 aromatic rings. The van der Waals surface area contributed by atoms with Crippen molar-refractivity contribution in [1.29, 1.82) is 0 Å². The van der Waals surface area contributed by atoms with E-state index in [-0.39, 0.29) is 35.7 Å². The lowest BCUT2D eigenvalue weighted by molar-refractivity contribution is 0.0514. The predicted molar refractivity (Wildman–Crippen MR) is 182 cm³/mol. The second-order valence-corrected chi connectivity index (χ2v) is 12.9. The van der Waals surface area contributed by atoms with Crippen molar-refractivity contribution in [3.8, 4) is 0 Å². The lowest BCUT2D eigenvalue weighted by Gasteiger charge is -2.36. The Labute approximate surface area is 267 Å². The summed E-state index contributed by atoms with van der Waals surface area (Å²) in [5.74, 6) is -0.968. The standard InChI is InChI=1S/C38H38N4O4/c1-5-20(6-2)41-35(43)25-12-9-22-23-10-13-27-32-28(38(46)42(37(27)45)21(7-3)8-4)19-29(40-17-15-39-16-18-40)33(34(23)32)24-11-14-26(36(41)44)31(25)30(22)24/h9-14,19-21,39H,5-8,15-18H2,1-4H3. The van der Waals surface area contributed by atoms with E-state index in [2.05, 4.69) is 10.2 Å². The van der Waals surface area contributed by atoms with Gasteiger partial charge >= 0.3 is 0 Å². The van der Waals surface area contributed by atoms with E-state index in [9.17, 15) is 19.2 Å². The van der Waals surface area contributed by atoms with Crippen LogP contribution in [0.4, 0.5) is 5.69 Å². The minimum absolute atomic E-state index is 0.165. The molecule has 1 N–H and O–H groups in total. The van der Waals surface area contributed by atoms with Crippen molar-refractivity contribution >= 4 is 72.4 Å². The summed E-state index contributed by atoms with van der Waals surface area (Å²) in [6, 6.07) is 13.3. The molecule has 0 aromatic heterocycles. The number of piperazine rings is 1. The maximum Gasteiger partial charge on any atom is 0.261 e. The molecule has 0 bridgehead atoms. The van der Waals surface area contributed by atoms with Crippen LogP contribution in [-0.2, 0) is 0 Å². The van der Waals surface area contributed by atoms with Crippen molar-refractivity contribution in [3.63, 3.8) is 0 Å². The average molecular weight is 615 g/mol. The van der Waals surface area contributed by atoms with Crippen LogP contribution >= 0.6 is 0 Å². The zero-order valence-corrected chi connectivity index (χ0v) is 26.8. The highest BCUT2D eigenvalue weighted by Crippen LogP contribution is 2.49. The summed E-state index contributed by atoms with van der Waals surface area (Å²) in [7, 11) is 0. The van der Waals surface area contributed by atoms with Gasteiger partial charge in [0.1, 0.15) is 0 Å². The fraction of sp³-hybridized carbons (Fsp3) is 0.368. The summed E-state index contributed by atoms with van der Waals surface area (Å²) < 4.78 is 0. The van der Waals surface area contributed by atoms with Crippen molar-refractivity contribution in [3.05, 3.63) is 64.7 Å². The molecule has 0 atom stereocenters. The Bertz CT molecular complexity index is 2120. The summed E-state index contributed by atoms with van der Waals surface area (Å²) in [5, 5.41) is 10.4. The zero-order valence-electron chi connectivity index (χ0n) is 26.8. The van der Waals surface area contributed by atoms with Crippen LogP contribution in [0.1, 0.15) is 94.8 Å². The van der Waals surface area contributed by atoms with Crippen molar-refractivity contribution in [1.82, 2.24) is 15.1 Å². The molecule has 8 heteroatoms. The van der Waals surface area contributed by atoms with E-state index >= 15 is 0 Å².